The number of benzene rings is 2. The van der Waals surface area contributed by atoms with Crippen molar-refractivity contribution in [3.63, 3.8) is 0 Å². The number of amides is 1. The summed E-state index contributed by atoms with van der Waals surface area (Å²) in [5, 5.41) is 4.99. The number of imidazole rings is 1. The third kappa shape index (κ3) is 4.12. The van der Waals surface area contributed by atoms with Crippen LogP contribution in [0.4, 0.5) is 0 Å². The second-order valence-electron chi connectivity index (χ2n) is 6.46. The lowest BCUT2D eigenvalue weighted by Gasteiger charge is -2.05. The molecule has 2 aromatic heterocycles. The third-order valence-corrected chi connectivity index (χ3v) is 5.74. The maximum atomic E-state index is 12.4. The van der Waals surface area contributed by atoms with Gasteiger partial charge in [-0.1, -0.05) is 57.9 Å². The van der Waals surface area contributed by atoms with E-state index in [9.17, 15) is 4.79 Å². The highest BCUT2D eigenvalue weighted by Gasteiger charge is 2.12. The fourth-order valence-corrected chi connectivity index (χ4v) is 4.15. The monoisotopic (exact) mass is 439 g/mol. The van der Waals surface area contributed by atoms with E-state index in [1.807, 2.05) is 52.4 Å². The SMILES string of the molecule is Cc1ccc(CNC(=O)Cc2csc3nc(-c4cccc(Br)c4)cn23)cc1. The lowest BCUT2D eigenvalue weighted by molar-refractivity contribution is -0.120. The van der Waals surface area contributed by atoms with Crippen LogP contribution in [0.15, 0.2) is 64.6 Å². The van der Waals surface area contributed by atoms with E-state index in [4.69, 9.17) is 0 Å². The van der Waals surface area contributed by atoms with Crippen LogP contribution in [0.1, 0.15) is 16.8 Å². The van der Waals surface area contributed by atoms with Gasteiger partial charge in [0.1, 0.15) is 0 Å². The van der Waals surface area contributed by atoms with E-state index < -0.39 is 0 Å². The molecule has 0 bridgehead atoms. The predicted octanol–water partition coefficient (Wildman–Crippen LogP) is 4.99. The Hall–Kier alpha value is -2.44. The number of nitrogens with zero attached hydrogens (tertiary/aromatic N) is 2. The Balaban J connectivity index is 1.47. The minimum atomic E-state index is 0.00739. The predicted molar refractivity (Wildman–Crippen MR) is 113 cm³/mol. The van der Waals surface area contributed by atoms with E-state index in [0.29, 0.717) is 13.0 Å². The second-order valence-corrected chi connectivity index (χ2v) is 8.21. The van der Waals surface area contributed by atoms with Crippen LogP contribution in [0.2, 0.25) is 0 Å². The van der Waals surface area contributed by atoms with Crippen LogP contribution in [0.3, 0.4) is 0 Å². The summed E-state index contributed by atoms with van der Waals surface area (Å²) < 4.78 is 3.03. The Kier molecular flexibility index (Phi) is 5.09. The first-order valence-corrected chi connectivity index (χ1v) is 10.3. The number of fused-ring (bicyclic) bond motifs is 1. The first-order chi connectivity index (χ1) is 13.1. The van der Waals surface area contributed by atoms with Crippen molar-refractivity contribution in [3.05, 3.63) is 81.4 Å². The van der Waals surface area contributed by atoms with Gasteiger partial charge < -0.3 is 5.32 Å². The lowest BCUT2D eigenvalue weighted by Crippen LogP contribution is -2.24. The largest absolute Gasteiger partial charge is 0.352 e. The standard InChI is InChI=1S/C21H18BrN3OS/c1-14-5-7-15(8-6-14)11-23-20(26)10-18-13-27-21-24-19(12-25(18)21)16-3-2-4-17(22)9-16/h2-9,12-13H,10-11H2,1H3,(H,23,26). The highest BCUT2D eigenvalue weighted by molar-refractivity contribution is 9.10. The zero-order valence-electron chi connectivity index (χ0n) is 14.8. The molecular formula is C21H18BrN3OS. The van der Waals surface area contributed by atoms with Crippen LogP contribution in [-0.4, -0.2) is 15.3 Å². The molecule has 4 nitrogen and oxygen atoms in total. The van der Waals surface area contributed by atoms with Crippen molar-refractivity contribution in [2.75, 3.05) is 0 Å². The molecule has 4 rings (SSSR count). The molecule has 0 fully saturated rings. The van der Waals surface area contributed by atoms with Gasteiger partial charge in [-0.3, -0.25) is 9.20 Å². The average molecular weight is 440 g/mol. The van der Waals surface area contributed by atoms with Gasteiger partial charge in [-0.05, 0) is 24.6 Å². The summed E-state index contributed by atoms with van der Waals surface area (Å²) in [6, 6.07) is 16.2. The number of thiazole rings is 1. The van der Waals surface area contributed by atoms with Crippen LogP contribution in [-0.2, 0) is 17.8 Å². The van der Waals surface area contributed by atoms with Gasteiger partial charge in [0.15, 0.2) is 4.96 Å². The Morgan fingerprint density at radius 3 is 2.81 bits per heavy atom. The minimum Gasteiger partial charge on any atom is -0.352 e. The quantitative estimate of drug-likeness (QED) is 0.475. The number of rotatable bonds is 5. The van der Waals surface area contributed by atoms with Gasteiger partial charge in [-0.2, -0.15) is 0 Å². The van der Waals surface area contributed by atoms with Crippen LogP contribution >= 0.6 is 27.3 Å². The molecule has 0 spiro atoms. The van der Waals surface area contributed by atoms with Gasteiger partial charge in [-0.15, -0.1) is 11.3 Å². The average Bonchev–Trinajstić information content (AvgIpc) is 3.23. The molecular weight excluding hydrogens is 422 g/mol. The van der Waals surface area contributed by atoms with Gasteiger partial charge in [-0.25, -0.2) is 4.98 Å². The molecule has 0 saturated heterocycles. The molecule has 0 atom stereocenters. The van der Waals surface area contributed by atoms with Crippen molar-refractivity contribution >= 4 is 38.1 Å². The number of hydrogen-bond donors (Lipinski definition) is 1. The number of carbonyl (C=O) groups is 1. The van der Waals surface area contributed by atoms with Crippen LogP contribution in [0, 0.1) is 6.92 Å². The first kappa shape index (κ1) is 17.9. The van der Waals surface area contributed by atoms with E-state index in [1.165, 1.54) is 5.56 Å². The third-order valence-electron chi connectivity index (χ3n) is 4.36. The highest BCUT2D eigenvalue weighted by atomic mass is 79.9. The molecule has 0 radical (unpaired) electrons. The zero-order chi connectivity index (χ0) is 18.8. The highest BCUT2D eigenvalue weighted by Crippen LogP contribution is 2.25. The van der Waals surface area contributed by atoms with Gasteiger partial charge >= 0.3 is 0 Å². The van der Waals surface area contributed by atoms with Gasteiger partial charge in [0.2, 0.25) is 5.91 Å². The molecule has 4 aromatic rings. The maximum Gasteiger partial charge on any atom is 0.226 e. The summed E-state index contributed by atoms with van der Waals surface area (Å²) in [6.07, 6.45) is 2.33. The maximum absolute atomic E-state index is 12.4. The number of nitrogens with one attached hydrogen (secondary N) is 1. The molecule has 6 heteroatoms. The first-order valence-electron chi connectivity index (χ1n) is 8.62. The number of halogens is 1. The Morgan fingerprint density at radius 2 is 2.04 bits per heavy atom. The van der Waals surface area contributed by atoms with Crippen molar-refractivity contribution in [3.8, 4) is 11.3 Å². The zero-order valence-corrected chi connectivity index (χ0v) is 17.2. The molecule has 0 saturated carbocycles. The molecule has 2 aromatic carbocycles. The summed E-state index contributed by atoms with van der Waals surface area (Å²) in [6.45, 7) is 2.59. The summed E-state index contributed by atoms with van der Waals surface area (Å²) >= 11 is 5.05. The molecule has 136 valence electrons. The van der Waals surface area contributed by atoms with Crippen LogP contribution < -0.4 is 5.32 Å². The topological polar surface area (TPSA) is 46.4 Å². The van der Waals surface area contributed by atoms with E-state index in [1.54, 1.807) is 11.3 Å². The molecule has 1 amide bonds. The van der Waals surface area contributed by atoms with Crippen molar-refractivity contribution < 1.29 is 4.79 Å². The van der Waals surface area contributed by atoms with Gasteiger partial charge in [0.25, 0.3) is 0 Å². The van der Waals surface area contributed by atoms with E-state index in [-0.39, 0.29) is 5.91 Å². The van der Waals surface area contributed by atoms with Gasteiger partial charge in [0, 0.05) is 33.9 Å². The molecule has 0 aliphatic rings. The van der Waals surface area contributed by atoms with E-state index >= 15 is 0 Å². The smallest absolute Gasteiger partial charge is 0.226 e. The molecule has 27 heavy (non-hydrogen) atoms. The fraction of sp³-hybridized carbons (Fsp3) is 0.143. The normalized spacial score (nSPS) is 11.0. The Bertz CT molecular complexity index is 1100. The summed E-state index contributed by atoms with van der Waals surface area (Å²) in [5.41, 5.74) is 5.22. The summed E-state index contributed by atoms with van der Waals surface area (Å²) in [5.74, 6) is 0.00739. The van der Waals surface area contributed by atoms with Crippen LogP contribution in [0.25, 0.3) is 16.2 Å². The summed E-state index contributed by atoms with van der Waals surface area (Å²) in [4.78, 5) is 17.9. The van der Waals surface area contributed by atoms with E-state index in [2.05, 4.69) is 45.3 Å². The number of aromatic nitrogens is 2. The molecule has 1 N–H and O–H groups in total. The van der Waals surface area contributed by atoms with Crippen molar-refractivity contribution in [2.24, 2.45) is 0 Å². The fourth-order valence-electron chi connectivity index (χ4n) is 2.88. The molecule has 2 heterocycles. The molecule has 0 aliphatic heterocycles. The molecule has 0 unspecified atom stereocenters. The second kappa shape index (κ2) is 7.66. The minimum absolute atomic E-state index is 0.00739. The van der Waals surface area contributed by atoms with Crippen molar-refractivity contribution in [1.82, 2.24) is 14.7 Å². The Morgan fingerprint density at radius 1 is 1.22 bits per heavy atom. The van der Waals surface area contributed by atoms with Crippen molar-refractivity contribution in [2.45, 2.75) is 19.9 Å². The van der Waals surface area contributed by atoms with E-state index in [0.717, 1.165) is 31.9 Å². The van der Waals surface area contributed by atoms with Crippen LogP contribution in [0.5, 0.6) is 0 Å². The number of hydrogen-bond acceptors (Lipinski definition) is 3. The number of aryl methyl sites for hydroxylation is 1. The lowest BCUT2D eigenvalue weighted by atomic mass is 10.1. The van der Waals surface area contributed by atoms with Gasteiger partial charge in [0.05, 0.1) is 12.1 Å². The molecule has 0 aliphatic carbocycles. The Labute approximate surface area is 170 Å². The van der Waals surface area contributed by atoms with Crippen molar-refractivity contribution in [1.29, 1.82) is 0 Å². The summed E-state index contributed by atoms with van der Waals surface area (Å²) in [7, 11) is 0. The number of carbonyl (C=O) groups excluding carboxylic acids is 1.